The van der Waals surface area contributed by atoms with Crippen LogP contribution in [0.5, 0.6) is 0 Å². The zero-order valence-electron chi connectivity index (χ0n) is 23.3. The van der Waals surface area contributed by atoms with Crippen molar-refractivity contribution in [2.45, 2.75) is 72.4 Å². The predicted molar refractivity (Wildman–Crippen MR) is 155 cm³/mol. The van der Waals surface area contributed by atoms with E-state index in [9.17, 15) is 9.59 Å². The van der Waals surface area contributed by atoms with Crippen LogP contribution < -0.4 is 26.8 Å². The fraction of sp³-hybridized carbons (Fsp3) is 0.483. The number of allylic oxidation sites excluding steroid dienone is 1. The molecule has 1 aliphatic carbocycles. The summed E-state index contributed by atoms with van der Waals surface area (Å²) in [6, 6.07) is 6.17. The van der Waals surface area contributed by atoms with Crippen LogP contribution in [0.2, 0.25) is 0 Å². The standard InChI is InChI=1S/C27H37N5O2.C2H7N/c1-5-32(22-9-7-6-8-10-22)25-13-20(21(14-28)15-29)12-23(19(25)4)26(33)30-16-24-17(2)11-18(3)31-27(24)34;1-3-2/h11-15,22,28H,5-10,16,29H2,1-4H3,(H,30,33)(H,31,34);3H,1-2H3/b21-15+,28-14?;. The maximum atomic E-state index is 13.4. The van der Waals surface area contributed by atoms with Crippen molar-refractivity contribution in [3.63, 3.8) is 0 Å². The molecule has 1 aliphatic rings. The first-order valence-corrected chi connectivity index (χ1v) is 13.1. The summed E-state index contributed by atoms with van der Waals surface area (Å²) < 4.78 is 0. The fourth-order valence-corrected chi connectivity index (χ4v) is 5.01. The second-order valence-corrected chi connectivity index (χ2v) is 9.64. The lowest BCUT2D eigenvalue weighted by Crippen LogP contribution is -2.37. The molecule has 8 heteroatoms. The van der Waals surface area contributed by atoms with Crippen LogP contribution in [0, 0.1) is 26.2 Å². The summed E-state index contributed by atoms with van der Waals surface area (Å²) >= 11 is 0. The summed E-state index contributed by atoms with van der Waals surface area (Å²) in [4.78, 5) is 31.0. The van der Waals surface area contributed by atoms with Gasteiger partial charge in [0.1, 0.15) is 0 Å². The van der Waals surface area contributed by atoms with Gasteiger partial charge in [-0.05, 0) is 89.5 Å². The Morgan fingerprint density at radius 1 is 1.16 bits per heavy atom. The molecule has 8 nitrogen and oxygen atoms in total. The first-order valence-electron chi connectivity index (χ1n) is 13.1. The lowest BCUT2D eigenvalue weighted by molar-refractivity contribution is 0.0950. The van der Waals surface area contributed by atoms with Crippen molar-refractivity contribution >= 4 is 23.4 Å². The van der Waals surface area contributed by atoms with Crippen molar-refractivity contribution in [1.29, 1.82) is 5.41 Å². The quantitative estimate of drug-likeness (QED) is 0.342. The van der Waals surface area contributed by atoms with Crippen molar-refractivity contribution in [2.24, 2.45) is 5.73 Å². The molecular weight excluding hydrogens is 464 g/mol. The van der Waals surface area contributed by atoms with Gasteiger partial charge >= 0.3 is 0 Å². The molecule has 1 aromatic heterocycles. The molecular formula is C29H44N6O2. The van der Waals surface area contributed by atoms with Gasteiger partial charge in [-0.3, -0.25) is 9.59 Å². The third-order valence-corrected chi connectivity index (χ3v) is 6.88. The maximum absolute atomic E-state index is 13.4. The van der Waals surface area contributed by atoms with Gasteiger partial charge < -0.3 is 31.7 Å². The SMILES string of the molecule is CCN(c1cc(/C(C=N)=C/N)cc(C(=O)NCc2c(C)cc(C)[nH]c2=O)c1C)C1CCCCC1.CNC. The molecule has 0 atom stereocenters. The lowest BCUT2D eigenvalue weighted by Gasteiger charge is -2.37. The zero-order chi connectivity index (χ0) is 27.5. The Morgan fingerprint density at radius 3 is 2.35 bits per heavy atom. The van der Waals surface area contributed by atoms with Crippen molar-refractivity contribution in [3.05, 3.63) is 68.3 Å². The first-order chi connectivity index (χ1) is 17.7. The van der Waals surface area contributed by atoms with Crippen LogP contribution in [0.4, 0.5) is 5.69 Å². The molecule has 1 aromatic carbocycles. The number of aromatic amines is 1. The van der Waals surface area contributed by atoms with Crippen LogP contribution in [0.1, 0.15) is 77.3 Å². The average molecular weight is 509 g/mol. The minimum atomic E-state index is -0.249. The topological polar surface area (TPSA) is 127 Å². The number of anilines is 1. The number of aromatic nitrogens is 1. The number of nitrogens with one attached hydrogen (secondary N) is 4. The van der Waals surface area contributed by atoms with E-state index < -0.39 is 0 Å². The average Bonchev–Trinajstić information content (AvgIpc) is 2.87. The highest BCUT2D eigenvalue weighted by Crippen LogP contribution is 2.33. The lowest BCUT2D eigenvalue weighted by atomic mass is 9.91. The largest absolute Gasteiger partial charge is 0.404 e. The number of rotatable bonds is 8. The highest BCUT2D eigenvalue weighted by atomic mass is 16.1. The number of nitrogens with zero attached hydrogens (tertiary/aromatic N) is 1. The molecule has 0 radical (unpaired) electrons. The summed E-state index contributed by atoms with van der Waals surface area (Å²) in [5.74, 6) is -0.249. The second kappa shape index (κ2) is 14.4. The van der Waals surface area contributed by atoms with Gasteiger partial charge in [0.25, 0.3) is 11.5 Å². The Balaban J connectivity index is 0.00000153. The Bertz CT molecular complexity index is 1160. The summed E-state index contributed by atoms with van der Waals surface area (Å²) in [5.41, 5.74) is 11.5. The van der Waals surface area contributed by atoms with Gasteiger partial charge in [-0.1, -0.05) is 19.3 Å². The molecule has 6 N–H and O–H groups in total. The van der Waals surface area contributed by atoms with Crippen LogP contribution >= 0.6 is 0 Å². The van der Waals surface area contributed by atoms with Crippen molar-refractivity contribution in [2.75, 3.05) is 25.5 Å². The van der Waals surface area contributed by atoms with Crippen molar-refractivity contribution in [3.8, 4) is 0 Å². The molecule has 0 bridgehead atoms. The summed E-state index contributed by atoms with van der Waals surface area (Å²) in [5, 5.41) is 13.5. The molecule has 1 amide bonds. The molecule has 0 saturated heterocycles. The summed E-state index contributed by atoms with van der Waals surface area (Å²) in [7, 11) is 3.75. The third-order valence-electron chi connectivity index (χ3n) is 6.88. The minimum Gasteiger partial charge on any atom is -0.404 e. The zero-order valence-corrected chi connectivity index (χ0v) is 23.3. The van der Waals surface area contributed by atoms with E-state index in [0.29, 0.717) is 22.7 Å². The van der Waals surface area contributed by atoms with Gasteiger partial charge in [-0.2, -0.15) is 0 Å². The third kappa shape index (κ3) is 7.55. The molecule has 0 unspecified atom stereocenters. The van der Waals surface area contributed by atoms with Crippen LogP contribution in [-0.4, -0.2) is 43.8 Å². The van der Waals surface area contributed by atoms with Gasteiger partial charge in [0.15, 0.2) is 0 Å². The number of amides is 1. The number of nitrogens with two attached hydrogens (primary N) is 1. The minimum absolute atomic E-state index is 0.142. The van der Waals surface area contributed by atoms with Gasteiger partial charge in [-0.15, -0.1) is 0 Å². The number of aryl methyl sites for hydroxylation is 2. The molecule has 1 heterocycles. The van der Waals surface area contributed by atoms with E-state index in [1.165, 1.54) is 31.7 Å². The number of carbonyl (C=O) groups is 1. The predicted octanol–water partition coefficient (Wildman–Crippen LogP) is 4.17. The van der Waals surface area contributed by atoms with Gasteiger partial charge in [0, 0.05) is 59.6 Å². The van der Waals surface area contributed by atoms with Gasteiger partial charge in [0.05, 0.1) is 0 Å². The summed E-state index contributed by atoms with van der Waals surface area (Å²) in [6.07, 6.45) is 8.58. The molecule has 2 aromatic rings. The highest BCUT2D eigenvalue weighted by molar-refractivity contribution is 6.10. The molecule has 0 spiro atoms. The van der Waals surface area contributed by atoms with Crippen molar-refractivity contribution in [1.82, 2.24) is 15.6 Å². The number of hydrogen-bond acceptors (Lipinski definition) is 6. The number of carbonyl (C=O) groups excluding carboxylic acids is 1. The highest BCUT2D eigenvalue weighted by Gasteiger charge is 2.24. The normalized spacial score (nSPS) is 13.9. The van der Waals surface area contributed by atoms with Crippen LogP contribution in [0.15, 0.2) is 29.2 Å². The molecule has 3 rings (SSSR count). The molecule has 202 valence electrons. The fourth-order valence-electron chi connectivity index (χ4n) is 5.01. The van der Waals surface area contributed by atoms with E-state index in [4.69, 9.17) is 11.1 Å². The second-order valence-electron chi connectivity index (χ2n) is 9.64. The number of H-pyrrole nitrogens is 1. The molecule has 1 fully saturated rings. The maximum Gasteiger partial charge on any atom is 0.253 e. The Labute approximate surface area is 221 Å². The van der Waals surface area contributed by atoms with Crippen LogP contribution in [-0.2, 0) is 6.54 Å². The van der Waals surface area contributed by atoms with Crippen LogP contribution in [0.3, 0.4) is 0 Å². The van der Waals surface area contributed by atoms with E-state index in [0.717, 1.165) is 47.5 Å². The number of benzene rings is 1. The first kappa shape index (κ1) is 29.8. The van der Waals surface area contributed by atoms with Gasteiger partial charge in [-0.25, -0.2) is 0 Å². The summed E-state index contributed by atoms with van der Waals surface area (Å²) in [6.45, 7) is 8.80. The molecule has 0 aliphatic heterocycles. The Kier molecular flexibility index (Phi) is 11.6. The monoisotopic (exact) mass is 508 g/mol. The van der Waals surface area contributed by atoms with E-state index in [2.05, 4.69) is 27.4 Å². The number of hydrogen-bond donors (Lipinski definition) is 5. The van der Waals surface area contributed by atoms with Crippen molar-refractivity contribution < 1.29 is 4.79 Å². The smallest absolute Gasteiger partial charge is 0.253 e. The van der Waals surface area contributed by atoms with E-state index in [1.807, 2.05) is 47.0 Å². The Hall–Kier alpha value is -3.39. The van der Waals surface area contributed by atoms with Gasteiger partial charge in [0.2, 0.25) is 0 Å². The number of pyridine rings is 1. The van der Waals surface area contributed by atoms with E-state index >= 15 is 0 Å². The molecule has 1 saturated carbocycles. The van der Waals surface area contributed by atoms with E-state index in [1.54, 1.807) is 6.07 Å². The van der Waals surface area contributed by atoms with Crippen LogP contribution in [0.25, 0.3) is 5.57 Å². The molecule has 37 heavy (non-hydrogen) atoms. The Morgan fingerprint density at radius 2 is 1.81 bits per heavy atom. The van der Waals surface area contributed by atoms with E-state index in [-0.39, 0.29) is 18.0 Å².